The number of nitrogens with zero attached hydrogens (tertiary/aromatic N) is 1. The Morgan fingerprint density at radius 3 is 2.43 bits per heavy atom. The summed E-state index contributed by atoms with van der Waals surface area (Å²) in [7, 11) is 0. The molecule has 0 spiro atoms. The quantitative estimate of drug-likeness (QED) is 0.640. The first-order valence-corrected chi connectivity index (χ1v) is 6.41. The van der Waals surface area contributed by atoms with Gasteiger partial charge in [0.2, 0.25) is 0 Å². The standard InChI is InChI=1S/C13H8BrFN2O4/c14-7-1-3-8(4-2-7)16-11-6-10(15)9(13(18)19)5-12(11)17(20)21/h1-6,16H,(H,18,19). The molecule has 2 aromatic carbocycles. The molecule has 8 heteroatoms. The number of carboxylic acids is 1. The molecule has 2 N–H and O–H groups in total. The minimum absolute atomic E-state index is 0.121. The molecule has 21 heavy (non-hydrogen) atoms. The van der Waals surface area contributed by atoms with Crippen LogP contribution in [0.3, 0.4) is 0 Å². The van der Waals surface area contributed by atoms with Crippen molar-refractivity contribution in [1.29, 1.82) is 0 Å². The largest absolute Gasteiger partial charge is 0.478 e. The summed E-state index contributed by atoms with van der Waals surface area (Å²) in [4.78, 5) is 21.0. The van der Waals surface area contributed by atoms with E-state index in [0.717, 1.165) is 10.5 Å². The normalized spacial score (nSPS) is 10.2. The highest BCUT2D eigenvalue weighted by Gasteiger charge is 2.22. The first kappa shape index (κ1) is 14.9. The second kappa shape index (κ2) is 5.88. The van der Waals surface area contributed by atoms with Crippen molar-refractivity contribution >= 4 is 39.0 Å². The monoisotopic (exact) mass is 354 g/mol. The smallest absolute Gasteiger partial charge is 0.338 e. The van der Waals surface area contributed by atoms with Crippen molar-refractivity contribution in [2.45, 2.75) is 0 Å². The van der Waals surface area contributed by atoms with Gasteiger partial charge in [-0.25, -0.2) is 9.18 Å². The van der Waals surface area contributed by atoms with Crippen molar-refractivity contribution in [2.24, 2.45) is 0 Å². The number of hydrogen-bond donors (Lipinski definition) is 2. The van der Waals surface area contributed by atoms with Crippen LogP contribution in [0.1, 0.15) is 10.4 Å². The van der Waals surface area contributed by atoms with E-state index in [9.17, 15) is 19.3 Å². The summed E-state index contributed by atoms with van der Waals surface area (Å²) in [6.07, 6.45) is 0. The zero-order chi connectivity index (χ0) is 15.6. The van der Waals surface area contributed by atoms with Crippen LogP contribution >= 0.6 is 15.9 Å². The number of halogens is 2. The molecule has 0 saturated carbocycles. The Balaban J connectivity index is 2.47. The first-order chi connectivity index (χ1) is 9.88. The summed E-state index contributed by atoms with van der Waals surface area (Å²) in [5.74, 6) is -2.61. The Kier molecular flexibility index (Phi) is 4.18. The fourth-order valence-corrected chi connectivity index (χ4v) is 1.93. The molecule has 0 unspecified atom stereocenters. The van der Waals surface area contributed by atoms with Crippen LogP contribution in [0, 0.1) is 15.9 Å². The van der Waals surface area contributed by atoms with Gasteiger partial charge in [-0.1, -0.05) is 15.9 Å². The molecule has 0 aromatic heterocycles. The number of aromatic carboxylic acids is 1. The van der Waals surface area contributed by atoms with E-state index in [1.807, 2.05) is 0 Å². The predicted molar refractivity (Wildman–Crippen MR) is 77.4 cm³/mol. The number of nitrogens with one attached hydrogen (secondary N) is 1. The van der Waals surface area contributed by atoms with E-state index < -0.39 is 28.0 Å². The van der Waals surface area contributed by atoms with Crippen molar-refractivity contribution in [3.05, 3.63) is 62.4 Å². The molecule has 2 rings (SSSR count). The second-order valence-corrected chi connectivity index (χ2v) is 4.96. The summed E-state index contributed by atoms with van der Waals surface area (Å²) in [6.45, 7) is 0. The molecule has 0 amide bonds. The summed E-state index contributed by atoms with van der Waals surface area (Å²) in [5.41, 5.74) is -0.881. The average Bonchev–Trinajstić information content (AvgIpc) is 2.40. The minimum atomic E-state index is -1.56. The summed E-state index contributed by atoms with van der Waals surface area (Å²) in [6, 6.07) is 8.17. The third-order valence-corrected chi connectivity index (χ3v) is 3.16. The Morgan fingerprint density at radius 2 is 1.90 bits per heavy atom. The van der Waals surface area contributed by atoms with Gasteiger partial charge in [-0.3, -0.25) is 10.1 Å². The molecular weight excluding hydrogens is 347 g/mol. The summed E-state index contributed by atoms with van der Waals surface area (Å²) >= 11 is 3.24. The van der Waals surface area contributed by atoms with E-state index in [0.29, 0.717) is 11.8 Å². The lowest BCUT2D eigenvalue weighted by molar-refractivity contribution is -0.384. The molecule has 0 fully saturated rings. The number of anilines is 2. The molecule has 0 saturated heterocycles. The number of benzene rings is 2. The van der Waals surface area contributed by atoms with Gasteiger partial charge < -0.3 is 10.4 Å². The van der Waals surface area contributed by atoms with Crippen LogP contribution in [0.25, 0.3) is 0 Å². The maximum absolute atomic E-state index is 13.7. The third-order valence-electron chi connectivity index (χ3n) is 2.64. The van der Waals surface area contributed by atoms with Crippen LogP contribution in [-0.4, -0.2) is 16.0 Å². The number of nitro groups is 1. The molecule has 0 radical (unpaired) electrons. The van der Waals surface area contributed by atoms with Gasteiger partial charge in [-0.05, 0) is 24.3 Å². The topological polar surface area (TPSA) is 92.5 Å². The molecule has 2 aromatic rings. The molecule has 0 bridgehead atoms. The third kappa shape index (κ3) is 3.34. The Labute approximate surface area is 126 Å². The molecular formula is C13H8BrFN2O4. The van der Waals surface area contributed by atoms with Crippen LogP contribution in [0.5, 0.6) is 0 Å². The van der Waals surface area contributed by atoms with Crippen LogP contribution < -0.4 is 5.32 Å². The van der Waals surface area contributed by atoms with Gasteiger partial charge in [0, 0.05) is 22.3 Å². The van der Waals surface area contributed by atoms with E-state index in [-0.39, 0.29) is 5.69 Å². The highest BCUT2D eigenvalue weighted by Crippen LogP contribution is 2.31. The SMILES string of the molecule is O=C(O)c1cc([N+](=O)[O-])c(Nc2ccc(Br)cc2)cc1F. The number of carbonyl (C=O) groups is 1. The molecule has 108 valence electrons. The first-order valence-electron chi connectivity index (χ1n) is 5.62. The molecule has 6 nitrogen and oxygen atoms in total. The van der Waals surface area contributed by atoms with Crippen molar-refractivity contribution in [3.8, 4) is 0 Å². The van der Waals surface area contributed by atoms with Crippen LogP contribution in [0.15, 0.2) is 40.9 Å². The lowest BCUT2D eigenvalue weighted by Gasteiger charge is -2.08. The zero-order valence-corrected chi connectivity index (χ0v) is 11.9. The van der Waals surface area contributed by atoms with Crippen LogP contribution in [0.4, 0.5) is 21.5 Å². The lowest BCUT2D eigenvalue weighted by Crippen LogP contribution is -2.05. The fraction of sp³-hybridized carbons (Fsp3) is 0. The number of nitro benzene ring substituents is 1. The van der Waals surface area contributed by atoms with Crippen molar-refractivity contribution in [2.75, 3.05) is 5.32 Å². The maximum Gasteiger partial charge on any atom is 0.338 e. The Hall–Kier alpha value is -2.48. The molecule has 0 aliphatic heterocycles. The van der Waals surface area contributed by atoms with E-state index in [2.05, 4.69) is 21.2 Å². The molecule has 0 aliphatic rings. The van der Waals surface area contributed by atoms with E-state index in [4.69, 9.17) is 5.11 Å². The molecule has 0 atom stereocenters. The number of rotatable bonds is 4. The second-order valence-electron chi connectivity index (χ2n) is 4.04. The van der Waals surface area contributed by atoms with Gasteiger partial charge in [0.15, 0.2) is 0 Å². The van der Waals surface area contributed by atoms with Gasteiger partial charge in [0.25, 0.3) is 5.69 Å². The van der Waals surface area contributed by atoms with Crippen molar-refractivity contribution in [1.82, 2.24) is 0 Å². The van der Waals surface area contributed by atoms with Gasteiger partial charge >= 0.3 is 5.97 Å². The molecule has 0 aliphatic carbocycles. The van der Waals surface area contributed by atoms with Crippen molar-refractivity contribution < 1.29 is 19.2 Å². The highest BCUT2D eigenvalue weighted by molar-refractivity contribution is 9.10. The lowest BCUT2D eigenvalue weighted by atomic mass is 10.1. The van der Waals surface area contributed by atoms with Crippen LogP contribution in [-0.2, 0) is 0 Å². The van der Waals surface area contributed by atoms with Gasteiger partial charge in [0.05, 0.1) is 4.92 Å². The predicted octanol–water partition coefficient (Wildman–Crippen LogP) is 3.94. The summed E-state index contributed by atoms with van der Waals surface area (Å²) in [5, 5.41) is 22.5. The van der Waals surface area contributed by atoms with Crippen LogP contribution in [0.2, 0.25) is 0 Å². The molecule has 0 heterocycles. The van der Waals surface area contributed by atoms with Gasteiger partial charge in [-0.15, -0.1) is 0 Å². The van der Waals surface area contributed by atoms with E-state index >= 15 is 0 Å². The zero-order valence-electron chi connectivity index (χ0n) is 10.3. The fourth-order valence-electron chi connectivity index (χ4n) is 1.67. The van der Waals surface area contributed by atoms with Gasteiger partial charge in [-0.2, -0.15) is 0 Å². The minimum Gasteiger partial charge on any atom is -0.478 e. The highest BCUT2D eigenvalue weighted by atomic mass is 79.9. The average molecular weight is 355 g/mol. The number of hydrogen-bond acceptors (Lipinski definition) is 4. The summed E-state index contributed by atoms with van der Waals surface area (Å²) < 4.78 is 14.5. The van der Waals surface area contributed by atoms with Crippen molar-refractivity contribution in [3.63, 3.8) is 0 Å². The van der Waals surface area contributed by atoms with E-state index in [1.54, 1.807) is 24.3 Å². The van der Waals surface area contributed by atoms with E-state index in [1.165, 1.54) is 0 Å². The van der Waals surface area contributed by atoms with Gasteiger partial charge in [0.1, 0.15) is 17.1 Å². The number of carboxylic acid groups (broad SMARTS) is 1. The Bertz CT molecular complexity index is 719. The Morgan fingerprint density at radius 1 is 1.29 bits per heavy atom. The maximum atomic E-state index is 13.7.